The summed E-state index contributed by atoms with van der Waals surface area (Å²) in [6.07, 6.45) is 1.07. The molecule has 0 aliphatic carbocycles. The summed E-state index contributed by atoms with van der Waals surface area (Å²) in [5, 5.41) is 8.12. The quantitative estimate of drug-likeness (QED) is 0.893. The number of benzene rings is 1. The first-order chi connectivity index (χ1) is 9.52. The van der Waals surface area contributed by atoms with Crippen LogP contribution in [0.1, 0.15) is 41.9 Å². The molecule has 3 nitrogen and oxygen atoms in total. The number of hydrogen-bond acceptors (Lipinski definition) is 2. The molecule has 20 heavy (non-hydrogen) atoms. The van der Waals surface area contributed by atoms with Crippen LogP contribution < -0.4 is 5.32 Å². The Hall–Kier alpha value is -1.13. The molecule has 2 aromatic rings. The molecule has 108 valence electrons. The van der Waals surface area contributed by atoms with Gasteiger partial charge in [-0.1, -0.05) is 35.0 Å². The highest BCUT2D eigenvalue weighted by Gasteiger charge is 2.13. The second-order valence-corrected chi connectivity index (χ2v) is 6.08. The lowest BCUT2D eigenvalue weighted by Gasteiger charge is -2.18. The van der Waals surface area contributed by atoms with Crippen molar-refractivity contribution in [2.75, 3.05) is 0 Å². The predicted molar refractivity (Wildman–Crippen MR) is 86.7 cm³/mol. The molecule has 1 aromatic heterocycles. The molecule has 0 aliphatic rings. The number of rotatable bonds is 5. The summed E-state index contributed by atoms with van der Waals surface area (Å²) in [6.45, 7) is 7.27. The smallest absolute Gasteiger partial charge is 0.0641 e. The van der Waals surface area contributed by atoms with Crippen LogP contribution in [0.4, 0.5) is 0 Å². The van der Waals surface area contributed by atoms with Gasteiger partial charge in [0.2, 0.25) is 0 Å². The summed E-state index contributed by atoms with van der Waals surface area (Å²) in [5.41, 5.74) is 4.99. The van der Waals surface area contributed by atoms with E-state index in [2.05, 4.69) is 71.4 Å². The lowest BCUT2D eigenvalue weighted by molar-refractivity contribution is 0.517. The summed E-state index contributed by atoms with van der Waals surface area (Å²) in [7, 11) is 2.00. The van der Waals surface area contributed by atoms with Crippen molar-refractivity contribution in [2.24, 2.45) is 7.05 Å². The van der Waals surface area contributed by atoms with Crippen molar-refractivity contribution < 1.29 is 0 Å². The van der Waals surface area contributed by atoms with Crippen LogP contribution in [-0.2, 0) is 13.6 Å². The van der Waals surface area contributed by atoms with E-state index in [1.165, 1.54) is 16.8 Å². The lowest BCUT2D eigenvalue weighted by atomic mass is 10.0. The topological polar surface area (TPSA) is 29.9 Å². The summed E-state index contributed by atoms with van der Waals surface area (Å²) >= 11 is 3.48. The van der Waals surface area contributed by atoms with Crippen LogP contribution in [0.3, 0.4) is 0 Å². The zero-order chi connectivity index (χ0) is 14.7. The van der Waals surface area contributed by atoms with Crippen LogP contribution in [0, 0.1) is 13.8 Å². The minimum absolute atomic E-state index is 0.377. The first-order valence-electron chi connectivity index (χ1n) is 7.00. The Morgan fingerprint density at radius 3 is 2.40 bits per heavy atom. The molecule has 1 heterocycles. The lowest BCUT2D eigenvalue weighted by Crippen LogP contribution is -2.21. The van der Waals surface area contributed by atoms with Gasteiger partial charge in [0.1, 0.15) is 0 Å². The van der Waals surface area contributed by atoms with Crippen molar-refractivity contribution in [3.8, 4) is 0 Å². The Bertz CT molecular complexity index is 572. The van der Waals surface area contributed by atoms with Crippen molar-refractivity contribution in [1.82, 2.24) is 15.1 Å². The van der Waals surface area contributed by atoms with Gasteiger partial charge in [-0.3, -0.25) is 4.68 Å². The van der Waals surface area contributed by atoms with Crippen molar-refractivity contribution in [1.29, 1.82) is 0 Å². The molecule has 1 aromatic carbocycles. The van der Waals surface area contributed by atoms with Gasteiger partial charge in [-0.2, -0.15) is 5.10 Å². The van der Waals surface area contributed by atoms with E-state index in [1.807, 2.05) is 11.7 Å². The van der Waals surface area contributed by atoms with E-state index >= 15 is 0 Å². The molecule has 4 heteroatoms. The van der Waals surface area contributed by atoms with Gasteiger partial charge in [-0.05, 0) is 38.0 Å². The van der Waals surface area contributed by atoms with Crippen LogP contribution in [-0.4, -0.2) is 9.78 Å². The molecule has 0 radical (unpaired) electrons. The largest absolute Gasteiger partial charge is 0.306 e. The van der Waals surface area contributed by atoms with Gasteiger partial charge in [-0.15, -0.1) is 0 Å². The normalized spacial score (nSPS) is 12.7. The maximum atomic E-state index is 4.47. The first kappa shape index (κ1) is 15.3. The average molecular weight is 336 g/mol. The van der Waals surface area contributed by atoms with Crippen molar-refractivity contribution in [3.63, 3.8) is 0 Å². The first-order valence-corrected chi connectivity index (χ1v) is 7.80. The van der Waals surface area contributed by atoms with E-state index < -0.39 is 0 Å². The van der Waals surface area contributed by atoms with Gasteiger partial charge in [-0.25, -0.2) is 0 Å². The molecular weight excluding hydrogens is 314 g/mol. The highest BCUT2D eigenvalue weighted by atomic mass is 79.9. The molecule has 0 spiro atoms. The summed E-state index contributed by atoms with van der Waals surface area (Å²) in [6, 6.07) is 8.92. The van der Waals surface area contributed by atoms with E-state index in [4.69, 9.17) is 0 Å². The van der Waals surface area contributed by atoms with E-state index in [0.717, 1.165) is 23.1 Å². The van der Waals surface area contributed by atoms with Gasteiger partial charge in [0.15, 0.2) is 0 Å². The fourth-order valence-electron chi connectivity index (χ4n) is 2.49. The fraction of sp³-hybridized carbons (Fsp3) is 0.438. The van der Waals surface area contributed by atoms with Crippen LogP contribution >= 0.6 is 15.9 Å². The van der Waals surface area contributed by atoms with Crippen molar-refractivity contribution in [3.05, 3.63) is 51.3 Å². The molecule has 1 atom stereocenters. The molecule has 0 amide bonds. The van der Waals surface area contributed by atoms with Gasteiger partial charge < -0.3 is 5.32 Å². The minimum Gasteiger partial charge on any atom is -0.306 e. The number of hydrogen-bond donors (Lipinski definition) is 1. The highest BCUT2D eigenvalue weighted by Crippen LogP contribution is 2.21. The van der Waals surface area contributed by atoms with Crippen molar-refractivity contribution in [2.45, 2.75) is 39.8 Å². The second-order valence-electron chi connectivity index (χ2n) is 5.17. The summed E-state index contributed by atoms with van der Waals surface area (Å²) in [5.74, 6) is 0. The monoisotopic (exact) mass is 335 g/mol. The maximum absolute atomic E-state index is 4.47. The SMILES string of the molecule is CCC(NCc1c(C)nn(C)c1C)c1ccc(Br)cc1. The Morgan fingerprint density at radius 1 is 1.25 bits per heavy atom. The van der Waals surface area contributed by atoms with Crippen LogP contribution in [0.15, 0.2) is 28.7 Å². The molecular formula is C16H22BrN3. The minimum atomic E-state index is 0.377. The van der Waals surface area contributed by atoms with E-state index in [1.54, 1.807) is 0 Å². The van der Waals surface area contributed by atoms with E-state index in [9.17, 15) is 0 Å². The molecule has 0 aliphatic heterocycles. The van der Waals surface area contributed by atoms with Crippen LogP contribution in [0.2, 0.25) is 0 Å². The van der Waals surface area contributed by atoms with E-state index in [0.29, 0.717) is 6.04 Å². The van der Waals surface area contributed by atoms with Gasteiger partial charge >= 0.3 is 0 Å². The van der Waals surface area contributed by atoms with Gasteiger partial charge in [0, 0.05) is 35.4 Å². The molecule has 1 N–H and O–H groups in total. The summed E-state index contributed by atoms with van der Waals surface area (Å²) in [4.78, 5) is 0. The second kappa shape index (κ2) is 6.55. The predicted octanol–water partition coefficient (Wildman–Crippen LogP) is 4.04. The molecule has 0 fully saturated rings. The Kier molecular flexibility index (Phi) is 5.00. The molecule has 0 saturated carbocycles. The third-order valence-corrected chi connectivity index (χ3v) is 4.39. The number of nitrogens with zero attached hydrogens (tertiary/aromatic N) is 2. The number of aromatic nitrogens is 2. The van der Waals surface area contributed by atoms with Crippen LogP contribution in [0.25, 0.3) is 0 Å². The number of aryl methyl sites for hydroxylation is 2. The van der Waals surface area contributed by atoms with Crippen LogP contribution in [0.5, 0.6) is 0 Å². The van der Waals surface area contributed by atoms with Gasteiger partial charge in [0.05, 0.1) is 5.69 Å². The average Bonchev–Trinajstić information content (AvgIpc) is 2.67. The standard InChI is InChI=1S/C16H22BrN3/c1-5-16(13-6-8-14(17)9-7-13)18-10-15-11(2)19-20(4)12(15)3/h6-9,16,18H,5,10H2,1-4H3. The Morgan fingerprint density at radius 2 is 1.90 bits per heavy atom. The number of nitrogens with one attached hydrogen (secondary N) is 1. The fourth-order valence-corrected chi connectivity index (χ4v) is 2.76. The van der Waals surface area contributed by atoms with E-state index in [-0.39, 0.29) is 0 Å². The number of halogens is 1. The van der Waals surface area contributed by atoms with Crippen molar-refractivity contribution >= 4 is 15.9 Å². The zero-order valence-electron chi connectivity index (χ0n) is 12.6. The Balaban J connectivity index is 2.09. The van der Waals surface area contributed by atoms with Gasteiger partial charge in [0.25, 0.3) is 0 Å². The maximum Gasteiger partial charge on any atom is 0.0641 e. The molecule has 0 saturated heterocycles. The highest BCUT2D eigenvalue weighted by molar-refractivity contribution is 9.10. The third-order valence-electron chi connectivity index (χ3n) is 3.86. The summed E-state index contributed by atoms with van der Waals surface area (Å²) < 4.78 is 3.07. The molecule has 2 rings (SSSR count). The third kappa shape index (κ3) is 3.30. The zero-order valence-corrected chi connectivity index (χ0v) is 14.2. The molecule has 1 unspecified atom stereocenters. The molecule has 0 bridgehead atoms. The Labute approximate surface area is 129 Å².